The van der Waals surface area contributed by atoms with E-state index in [4.69, 9.17) is 11.6 Å². The van der Waals surface area contributed by atoms with Gasteiger partial charge in [0.05, 0.1) is 5.38 Å². The van der Waals surface area contributed by atoms with E-state index in [0.717, 1.165) is 39.0 Å². The number of hydrogen-bond donors (Lipinski definition) is 1. The minimum absolute atomic E-state index is 0.0350. The summed E-state index contributed by atoms with van der Waals surface area (Å²) in [5, 5.41) is 9.59. The number of Topliss-reactive ketones (excluding diaryl/α,β-unsaturated/α-hetero) is 2. The van der Waals surface area contributed by atoms with Crippen LogP contribution in [0.4, 0.5) is 0 Å². The third-order valence-corrected chi connectivity index (χ3v) is 8.63. The van der Waals surface area contributed by atoms with Crippen molar-refractivity contribution in [3.05, 3.63) is 130 Å². The molecule has 0 saturated carbocycles. The van der Waals surface area contributed by atoms with Gasteiger partial charge in [0.25, 0.3) is 0 Å². The summed E-state index contributed by atoms with van der Waals surface area (Å²) in [7, 11) is 0. The third kappa shape index (κ3) is 10.7. The monoisotopic (exact) mass is 614 g/mol. The normalized spacial score (nSPS) is 24.5. The average Bonchev–Trinajstić information content (AvgIpc) is 2.92. The number of carbonyl (C=O) groups excluding carboxylic acids is 2. The molecule has 0 amide bonds. The zero-order valence-electron chi connectivity index (χ0n) is 28.3. The molecule has 0 aromatic heterocycles. The Hall–Kier alpha value is -3.27. The van der Waals surface area contributed by atoms with Gasteiger partial charge in [-0.25, -0.2) is 0 Å². The molecule has 0 aromatic rings. The predicted molar refractivity (Wildman–Crippen MR) is 189 cm³/mol. The Kier molecular flexibility index (Phi) is 13.6. The highest BCUT2D eigenvalue weighted by molar-refractivity contribution is 6.34. The van der Waals surface area contributed by atoms with E-state index in [2.05, 4.69) is 91.0 Å². The predicted octanol–water partition coefficient (Wildman–Crippen LogP) is 10.2. The van der Waals surface area contributed by atoms with Gasteiger partial charge in [-0.3, -0.25) is 9.59 Å². The summed E-state index contributed by atoms with van der Waals surface area (Å²) in [6.45, 7) is 20.3. The molecule has 4 heteroatoms. The zero-order valence-corrected chi connectivity index (χ0v) is 29.0. The maximum absolute atomic E-state index is 12.4. The fourth-order valence-electron chi connectivity index (χ4n) is 5.57. The first kappa shape index (κ1) is 36.9. The summed E-state index contributed by atoms with van der Waals surface area (Å²) in [5.74, 6) is -0.137. The molecule has 236 valence electrons. The van der Waals surface area contributed by atoms with Crippen LogP contribution < -0.4 is 0 Å². The molecule has 0 aromatic carbocycles. The number of rotatable bonds is 10. The average molecular weight is 615 g/mol. The molecule has 0 spiro atoms. The second-order valence-corrected chi connectivity index (χ2v) is 13.9. The lowest BCUT2D eigenvalue weighted by atomic mass is 9.71. The van der Waals surface area contributed by atoms with E-state index in [1.54, 1.807) is 6.92 Å². The van der Waals surface area contributed by atoms with Gasteiger partial charge < -0.3 is 5.11 Å². The molecule has 0 radical (unpaired) electrons. The van der Waals surface area contributed by atoms with Gasteiger partial charge >= 0.3 is 0 Å². The van der Waals surface area contributed by atoms with E-state index >= 15 is 0 Å². The van der Waals surface area contributed by atoms with E-state index in [1.807, 2.05) is 56.4 Å². The van der Waals surface area contributed by atoms with Gasteiger partial charge in [-0.2, -0.15) is 0 Å². The highest BCUT2D eigenvalue weighted by Gasteiger charge is 2.37. The van der Waals surface area contributed by atoms with Crippen molar-refractivity contribution in [2.45, 2.75) is 93.6 Å². The van der Waals surface area contributed by atoms with Crippen molar-refractivity contribution < 1.29 is 14.7 Å². The Labute approximate surface area is 271 Å². The SMILES string of the molecule is CC1=C(/C=C/C(C)=C/C=C/C(C)=C/C=C/C=C(C)/C=C/C=C(C)/C=C/C2=C(C)C(=O)C(Cl)CC2(C)C)C(C)(C)CC(O)C1=O. The molecule has 2 unspecified atom stereocenters. The van der Waals surface area contributed by atoms with Gasteiger partial charge in [0.2, 0.25) is 0 Å². The Morgan fingerprint density at radius 2 is 1.00 bits per heavy atom. The molecule has 0 aliphatic heterocycles. The Morgan fingerprint density at radius 1 is 0.636 bits per heavy atom. The van der Waals surface area contributed by atoms with Crippen LogP contribution in [0.2, 0.25) is 0 Å². The summed E-state index contributed by atoms with van der Waals surface area (Å²) in [6.07, 6.45) is 28.8. The molecule has 0 fully saturated rings. The highest BCUT2D eigenvalue weighted by Crippen LogP contribution is 2.41. The van der Waals surface area contributed by atoms with Gasteiger partial charge in [-0.05, 0) is 87.5 Å². The standard InChI is InChI=1S/C40H51ClO3/c1-27(17-13-19-29(3)21-23-33-31(5)37(43)35(41)25-39(33,7)8)15-11-12-16-28(2)18-14-20-30(4)22-24-34-32(6)38(44)36(42)26-40(34,9)10/h11-24,35-36,42H,25-26H2,1-10H3/b12-11+,17-13+,18-14+,23-21+,24-22+,27-15+,28-16+,29-19+,30-20+. The fraction of sp³-hybridized carbons (Fsp3) is 0.400. The first-order chi connectivity index (χ1) is 20.5. The number of halogens is 1. The lowest BCUT2D eigenvalue weighted by Gasteiger charge is -2.34. The summed E-state index contributed by atoms with van der Waals surface area (Å²) in [6, 6.07) is 0. The minimum atomic E-state index is -0.904. The molecule has 44 heavy (non-hydrogen) atoms. The van der Waals surface area contributed by atoms with Crippen LogP contribution in [0.5, 0.6) is 0 Å². The van der Waals surface area contributed by atoms with Crippen LogP contribution in [0, 0.1) is 10.8 Å². The van der Waals surface area contributed by atoms with Crippen LogP contribution in [0.3, 0.4) is 0 Å². The number of carbonyl (C=O) groups is 2. The second-order valence-electron chi connectivity index (χ2n) is 13.4. The summed E-state index contributed by atoms with van der Waals surface area (Å²) < 4.78 is 0. The van der Waals surface area contributed by atoms with Gasteiger partial charge in [0.1, 0.15) is 6.10 Å². The maximum Gasteiger partial charge on any atom is 0.187 e. The van der Waals surface area contributed by atoms with Crippen molar-refractivity contribution in [2.75, 3.05) is 0 Å². The van der Waals surface area contributed by atoms with Crippen molar-refractivity contribution in [2.24, 2.45) is 10.8 Å². The lowest BCUT2D eigenvalue weighted by Crippen LogP contribution is -2.35. The molecule has 0 bridgehead atoms. The maximum atomic E-state index is 12.4. The van der Waals surface area contributed by atoms with Gasteiger partial charge in [0, 0.05) is 0 Å². The molecule has 3 nitrogen and oxygen atoms in total. The number of alkyl halides is 1. The summed E-state index contributed by atoms with van der Waals surface area (Å²) >= 11 is 6.25. The summed E-state index contributed by atoms with van der Waals surface area (Å²) in [4.78, 5) is 24.6. The molecule has 0 saturated heterocycles. The van der Waals surface area contributed by atoms with E-state index in [0.29, 0.717) is 18.4 Å². The largest absolute Gasteiger partial charge is 0.385 e. The number of ketones is 2. The molecular weight excluding hydrogens is 564 g/mol. The first-order valence-corrected chi connectivity index (χ1v) is 15.8. The van der Waals surface area contributed by atoms with Gasteiger partial charge in [-0.1, -0.05) is 135 Å². The van der Waals surface area contributed by atoms with Crippen LogP contribution >= 0.6 is 11.6 Å². The highest BCUT2D eigenvalue weighted by atomic mass is 35.5. The zero-order chi connectivity index (χ0) is 33.2. The van der Waals surface area contributed by atoms with Crippen LogP contribution in [-0.4, -0.2) is 28.2 Å². The molecule has 2 atom stereocenters. The summed E-state index contributed by atoms with van der Waals surface area (Å²) in [5.41, 5.74) is 7.53. The molecule has 2 rings (SSSR count). The van der Waals surface area contributed by atoms with Crippen molar-refractivity contribution in [1.82, 2.24) is 0 Å². The van der Waals surface area contributed by atoms with Crippen LogP contribution in [0.15, 0.2) is 130 Å². The van der Waals surface area contributed by atoms with Crippen LogP contribution in [-0.2, 0) is 9.59 Å². The number of aliphatic hydroxyl groups excluding tert-OH is 1. The number of hydrogen-bond acceptors (Lipinski definition) is 3. The van der Waals surface area contributed by atoms with Crippen molar-refractivity contribution in [3.8, 4) is 0 Å². The molecule has 2 aliphatic carbocycles. The van der Waals surface area contributed by atoms with E-state index in [1.165, 1.54) is 0 Å². The van der Waals surface area contributed by atoms with Crippen molar-refractivity contribution >= 4 is 23.2 Å². The first-order valence-electron chi connectivity index (χ1n) is 15.4. The smallest absolute Gasteiger partial charge is 0.187 e. The van der Waals surface area contributed by atoms with E-state index in [9.17, 15) is 14.7 Å². The molecule has 2 aliphatic rings. The van der Waals surface area contributed by atoms with Crippen molar-refractivity contribution in [1.29, 1.82) is 0 Å². The van der Waals surface area contributed by atoms with E-state index < -0.39 is 11.5 Å². The Morgan fingerprint density at radius 3 is 1.45 bits per heavy atom. The van der Waals surface area contributed by atoms with Gasteiger partial charge in [0.15, 0.2) is 11.6 Å². The molecular formula is C40H51ClO3. The Bertz CT molecular complexity index is 1340. The number of aliphatic hydroxyl groups is 1. The Balaban J connectivity index is 1.95. The molecule has 0 heterocycles. The van der Waals surface area contributed by atoms with Crippen molar-refractivity contribution in [3.63, 3.8) is 0 Å². The third-order valence-electron chi connectivity index (χ3n) is 8.28. The van der Waals surface area contributed by atoms with Crippen LogP contribution in [0.25, 0.3) is 0 Å². The molecule has 1 N–H and O–H groups in total. The fourth-order valence-corrected chi connectivity index (χ4v) is 6.12. The van der Waals surface area contributed by atoms with Crippen LogP contribution in [0.1, 0.15) is 82.1 Å². The quantitative estimate of drug-likeness (QED) is 0.197. The lowest BCUT2D eigenvalue weighted by molar-refractivity contribution is -0.125. The minimum Gasteiger partial charge on any atom is -0.385 e. The topological polar surface area (TPSA) is 54.4 Å². The second kappa shape index (κ2) is 16.2. The van der Waals surface area contributed by atoms with E-state index in [-0.39, 0.29) is 22.4 Å². The van der Waals surface area contributed by atoms with Gasteiger partial charge in [-0.15, -0.1) is 11.6 Å². The number of allylic oxidation sites excluding steroid dienone is 21.